The highest BCUT2D eigenvalue weighted by molar-refractivity contribution is 6.34. The molecule has 0 radical (unpaired) electrons. The third-order valence-corrected chi connectivity index (χ3v) is 5.76. The number of nitrogens with one attached hydrogen (secondary N) is 1. The van der Waals surface area contributed by atoms with Gasteiger partial charge in [-0.15, -0.1) is 0 Å². The minimum absolute atomic E-state index is 0.0330. The van der Waals surface area contributed by atoms with Crippen LogP contribution in [-0.2, 0) is 0 Å². The van der Waals surface area contributed by atoms with Gasteiger partial charge in [-0.25, -0.2) is 9.18 Å². The van der Waals surface area contributed by atoms with Gasteiger partial charge in [0.1, 0.15) is 5.82 Å². The van der Waals surface area contributed by atoms with Crippen LogP contribution in [0.3, 0.4) is 0 Å². The maximum Gasteiger partial charge on any atom is 0.404 e. The van der Waals surface area contributed by atoms with E-state index in [2.05, 4.69) is 10.3 Å². The third kappa shape index (κ3) is 4.04. The molecule has 1 aliphatic rings. The first-order valence-corrected chi connectivity index (χ1v) is 10.0. The number of piperidine rings is 1. The Labute approximate surface area is 182 Å². The summed E-state index contributed by atoms with van der Waals surface area (Å²) < 4.78 is 14.1. The SMILES string of the molecule is O=Cc1c(F)cccc1-c1ccc2ncc(Cl)c(N3CCC(NC(=O)O)C(O)C3)c2c1. The summed E-state index contributed by atoms with van der Waals surface area (Å²) in [6, 6.07) is 9.17. The zero-order valence-corrected chi connectivity index (χ0v) is 17.0. The Kier molecular flexibility index (Phi) is 5.75. The molecule has 0 saturated carbocycles. The molecule has 1 fully saturated rings. The number of carbonyl (C=O) groups excluding carboxylic acids is 1. The fourth-order valence-corrected chi connectivity index (χ4v) is 4.28. The highest BCUT2D eigenvalue weighted by atomic mass is 35.5. The van der Waals surface area contributed by atoms with Gasteiger partial charge >= 0.3 is 6.09 Å². The van der Waals surface area contributed by atoms with Crippen molar-refractivity contribution >= 4 is 40.6 Å². The number of aliphatic hydroxyl groups is 1. The second kappa shape index (κ2) is 8.49. The largest absolute Gasteiger partial charge is 0.465 e. The van der Waals surface area contributed by atoms with Crippen molar-refractivity contribution < 1.29 is 24.2 Å². The Bertz CT molecular complexity index is 1170. The summed E-state index contributed by atoms with van der Waals surface area (Å²) in [5.74, 6) is -0.604. The molecule has 1 amide bonds. The number of aliphatic hydroxyl groups excluding tert-OH is 1. The summed E-state index contributed by atoms with van der Waals surface area (Å²) in [5.41, 5.74) is 2.34. The number of fused-ring (bicyclic) bond motifs is 1. The maximum absolute atomic E-state index is 14.1. The van der Waals surface area contributed by atoms with Crippen molar-refractivity contribution in [3.63, 3.8) is 0 Å². The lowest BCUT2D eigenvalue weighted by Crippen LogP contribution is -2.54. The molecule has 7 nitrogen and oxygen atoms in total. The first kappa shape index (κ1) is 21.0. The molecule has 3 N–H and O–H groups in total. The Balaban J connectivity index is 1.78. The second-order valence-electron chi connectivity index (χ2n) is 7.36. The second-order valence-corrected chi connectivity index (χ2v) is 7.77. The number of nitrogens with zero attached hydrogens (tertiary/aromatic N) is 2. The van der Waals surface area contributed by atoms with Gasteiger partial charge in [0.25, 0.3) is 0 Å². The molecular formula is C22H19ClFN3O4. The van der Waals surface area contributed by atoms with Crippen molar-refractivity contribution in [3.8, 4) is 11.1 Å². The number of carboxylic acid groups (broad SMARTS) is 1. The van der Waals surface area contributed by atoms with Gasteiger partial charge in [0.15, 0.2) is 6.29 Å². The number of aldehydes is 1. The molecule has 2 heterocycles. The van der Waals surface area contributed by atoms with Crippen LogP contribution in [0.15, 0.2) is 42.6 Å². The van der Waals surface area contributed by atoms with E-state index in [9.17, 15) is 19.1 Å². The molecule has 9 heteroatoms. The van der Waals surface area contributed by atoms with E-state index in [1.807, 2.05) is 4.90 Å². The number of aromatic nitrogens is 1. The van der Waals surface area contributed by atoms with E-state index in [1.165, 1.54) is 18.3 Å². The number of benzene rings is 2. The van der Waals surface area contributed by atoms with Crippen molar-refractivity contribution in [1.29, 1.82) is 0 Å². The van der Waals surface area contributed by atoms with Crippen LogP contribution >= 0.6 is 11.6 Å². The van der Waals surface area contributed by atoms with E-state index in [-0.39, 0.29) is 12.1 Å². The zero-order chi connectivity index (χ0) is 22.1. The standard InChI is InChI=1S/C22H19ClFN3O4/c23-16-9-25-18-5-4-12(13-2-1-3-17(24)15(13)11-28)8-14(18)21(16)27-7-6-19(20(29)10-27)26-22(30)31/h1-5,8-9,11,19-20,26,29H,6-7,10H2,(H,30,31). The van der Waals surface area contributed by atoms with Crippen LogP contribution in [0.1, 0.15) is 16.8 Å². The smallest absolute Gasteiger partial charge is 0.404 e. The minimum Gasteiger partial charge on any atom is -0.465 e. The lowest BCUT2D eigenvalue weighted by Gasteiger charge is -2.37. The molecule has 1 saturated heterocycles. The summed E-state index contributed by atoms with van der Waals surface area (Å²) in [6.07, 6.45) is 0.300. The van der Waals surface area contributed by atoms with E-state index < -0.39 is 24.1 Å². The van der Waals surface area contributed by atoms with Crippen molar-refractivity contribution in [2.45, 2.75) is 18.6 Å². The van der Waals surface area contributed by atoms with Crippen molar-refractivity contribution in [3.05, 3.63) is 59.0 Å². The molecule has 2 aromatic carbocycles. The van der Waals surface area contributed by atoms with Gasteiger partial charge in [0, 0.05) is 24.7 Å². The van der Waals surface area contributed by atoms with Crippen LogP contribution < -0.4 is 10.2 Å². The van der Waals surface area contributed by atoms with Crippen molar-refractivity contribution in [1.82, 2.24) is 10.3 Å². The number of pyridine rings is 1. The molecule has 2 atom stereocenters. The van der Waals surface area contributed by atoms with Gasteiger partial charge in [-0.05, 0) is 35.7 Å². The van der Waals surface area contributed by atoms with Crippen LogP contribution in [0.5, 0.6) is 0 Å². The number of hydrogen-bond donors (Lipinski definition) is 3. The molecule has 0 spiro atoms. The topological polar surface area (TPSA) is 103 Å². The zero-order valence-electron chi connectivity index (χ0n) is 16.3. The number of β-amino-alcohol motifs (C(OH)–C–C–N with tert-alkyl or cyclic N) is 1. The summed E-state index contributed by atoms with van der Waals surface area (Å²) in [5, 5.41) is 22.8. The molecule has 1 aromatic heterocycles. The van der Waals surface area contributed by atoms with Gasteiger partial charge < -0.3 is 20.4 Å². The van der Waals surface area contributed by atoms with Crippen LogP contribution in [0.25, 0.3) is 22.0 Å². The summed E-state index contributed by atoms with van der Waals surface area (Å²) in [6.45, 7) is 0.637. The normalized spacial score (nSPS) is 18.7. The van der Waals surface area contributed by atoms with E-state index in [1.54, 1.807) is 24.3 Å². The Morgan fingerprint density at radius 2 is 2.13 bits per heavy atom. The van der Waals surface area contributed by atoms with Gasteiger partial charge in [-0.1, -0.05) is 29.8 Å². The quantitative estimate of drug-likeness (QED) is 0.531. The number of carbonyl (C=O) groups is 2. The van der Waals surface area contributed by atoms with Crippen LogP contribution in [0, 0.1) is 5.82 Å². The number of hydrogen-bond acceptors (Lipinski definition) is 5. The molecule has 0 bridgehead atoms. The third-order valence-electron chi connectivity index (χ3n) is 5.48. The molecule has 31 heavy (non-hydrogen) atoms. The predicted molar refractivity (Wildman–Crippen MR) is 115 cm³/mol. The molecule has 0 aliphatic carbocycles. The first-order valence-electron chi connectivity index (χ1n) is 9.64. The van der Waals surface area contributed by atoms with Crippen LogP contribution in [0.2, 0.25) is 5.02 Å². The first-order chi connectivity index (χ1) is 14.9. The number of rotatable bonds is 4. The van der Waals surface area contributed by atoms with Crippen LogP contribution in [0.4, 0.5) is 14.9 Å². The molecule has 1 aliphatic heterocycles. The lowest BCUT2D eigenvalue weighted by atomic mass is 9.97. The van der Waals surface area contributed by atoms with Gasteiger partial charge in [-0.3, -0.25) is 9.78 Å². The Morgan fingerprint density at radius 3 is 2.84 bits per heavy atom. The number of anilines is 1. The van der Waals surface area contributed by atoms with E-state index in [0.717, 1.165) is 0 Å². The highest BCUT2D eigenvalue weighted by Crippen LogP contribution is 2.37. The summed E-state index contributed by atoms with van der Waals surface area (Å²) in [7, 11) is 0. The molecule has 2 unspecified atom stereocenters. The fourth-order valence-electron chi connectivity index (χ4n) is 4.01. The average Bonchev–Trinajstić information content (AvgIpc) is 2.74. The van der Waals surface area contributed by atoms with Crippen LogP contribution in [-0.4, -0.2) is 52.8 Å². The lowest BCUT2D eigenvalue weighted by molar-refractivity contribution is 0.108. The van der Waals surface area contributed by atoms with Crippen molar-refractivity contribution in [2.24, 2.45) is 0 Å². The molecule has 4 rings (SSSR count). The van der Waals surface area contributed by atoms with Crippen molar-refractivity contribution in [2.75, 3.05) is 18.0 Å². The Hall–Kier alpha value is -3.23. The molecule has 160 valence electrons. The summed E-state index contributed by atoms with van der Waals surface area (Å²) in [4.78, 5) is 28.6. The molecule has 3 aromatic rings. The van der Waals surface area contributed by atoms with E-state index in [0.29, 0.717) is 52.0 Å². The average molecular weight is 444 g/mol. The predicted octanol–water partition coefficient (Wildman–Crippen LogP) is 3.71. The van der Waals surface area contributed by atoms with Gasteiger partial charge in [0.2, 0.25) is 0 Å². The summed E-state index contributed by atoms with van der Waals surface area (Å²) >= 11 is 6.48. The number of halogens is 2. The highest BCUT2D eigenvalue weighted by Gasteiger charge is 2.30. The van der Waals surface area contributed by atoms with Gasteiger partial charge in [0.05, 0.1) is 33.9 Å². The maximum atomic E-state index is 14.1. The van der Waals surface area contributed by atoms with E-state index in [4.69, 9.17) is 16.7 Å². The minimum atomic E-state index is -1.18. The Morgan fingerprint density at radius 1 is 1.32 bits per heavy atom. The number of amides is 1. The van der Waals surface area contributed by atoms with E-state index >= 15 is 0 Å². The van der Waals surface area contributed by atoms with Gasteiger partial charge in [-0.2, -0.15) is 0 Å². The fraction of sp³-hybridized carbons (Fsp3) is 0.227. The monoisotopic (exact) mass is 443 g/mol. The molecular weight excluding hydrogens is 425 g/mol.